The van der Waals surface area contributed by atoms with Crippen LogP contribution in [0.5, 0.6) is 0 Å². The van der Waals surface area contributed by atoms with E-state index >= 15 is 0 Å². The topological polar surface area (TPSA) is 66.3 Å². The quantitative estimate of drug-likeness (QED) is 0.726. The summed E-state index contributed by atoms with van der Waals surface area (Å²) < 4.78 is 0. The standard InChI is InChI=1S/C8H11N3O2/c1-6-8(10-4-3-9-6)11(2)5-7(12)13/h3-4H,5H2,1-2H3,(H,12,13). The molecule has 5 nitrogen and oxygen atoms in total. The largest absolute Gasteiger partial charge is 0.480 e. The fraction of sp³-hybridized carbons (Fsp3) is 0.375. The van der Waals surface area contributed by atoms with E-state index in [1.54, 1.807) is 31.3 Å². The zero-order chi connectivity index (χ0) is 9.84. The van der Waals surface area contributed by atoms with Crippen LogP contribution >= 0.6 is 0 Å². The maximum Gasteiger partial charge on any atom is 0.323 e. The second-order valence-corrected chi connectivity index (χ2v) is 2.72. The predicted octanol–water partition coefficient (Wildman–Crippen LogP) is 0.306. The average molecular weight is 181 g/mol. The number of carboxylic acids is 1. The fourth-order valence-electron chi connectivity index (χ4n) is 1.05. The minimum atomic E-state index is -0.882. The molecule has 0 unspecified atom stereocenters. The van der Waals surface area contributed by atoms with E-state index < -0.39 is 5.97 Å². The third kappa shape index (κ3) is 2.40. The number of aromatic nitrogens is 2. The molecule has 0 bridgehead atoms. The van der Waals surface area contributed by atoms with Crippen molar-refractivity contribution in [3.63, 3.8) is 0 Å². The molecule has 0 aliphatic rings. The summed E-state index contributed by atoms with van der Waals surface area (Å²) in [7, 11) is 1.67. The van der Waals surface area contributed by atoms with Crippen LogP contribution in [0.15, 0.2) is 12.4 Å². The van der Waals surface area contributed by atoms with Gasteiger partial charge in [0.2, 0.25) is 0 Å². The molecule has 0 saturated carbocycles. The maximum absolute atomic E-state index is 10.4. The van der Waals surface area contributed by atoms with Gasteiger partial charge in [0.1, 0.15) is 12.4 Å². The number of rotatable bonds is 3. The number of carboxylic acid groups (broad SMARTS) is 1. The molecule has 0 saturated heterocycles. The Hall–Kier alpha value is -1.65. The molecule has 0 spiro atoms. The van der Waals surface area contributed by atoms with E-state index in [0.717, 1.165) is 5.69 Å². The van der Waals surface area contributed by atoms with Crippen molar-refractivity contribution in [2.24, 2.45) is 0 Å². The van der Waals surface area contributed by atoms with Crippen molar-refractivity contribution in [2.75, 3.05) is 18.5 Å². The minimum Gasteiger partial charge on any atom is -0.480 e. The first-order chi connectivity index (χ1) is 6.11. The minimum absolute atomic E-state index is 0.0699. The number of carbonyl (C=O) groups is 1. The summed E-state index contributed by atoms with van der Waals surface area (Å²) in [6.45, 7) is 1.72. The Balaban J connectivity index is 2.82. The molecule has 13 heavy (non-hydrogen) atoms. The fourth-order valence-corrected chi connectivity index (χ4v) is 1.05. The number of aliphatic carboxylic acids is 1. The van der Waals surface area contributed by atoms with Crippen LogP contribution in [-0.2, 0) is 4.79 Å². The highest BCUT2D eigenvalue weighted by molar-refractivity contribution is 5.73. The molecule has 0 fully saturated rings. The van der Waals surface area contributed by atoms with E-state index in [9.17, 15) is 4.79 Å². The third-order valence-corrected chi connectivity index (χ3v) is 1.59. The van der Waals surface area contributed by atoms with E-state index in [-0.39, 0.29) is 6.54 Å². The van der Waals surface area contributed by atoms with Crippen LogP contribution < -0.4 is 4.90 Å². The molecule has 0 amide bonds. The zero-order valence-corrected chi connectivity index (χ0v) is 7.56. The van der Waals surface area contributed by atoms with Gasteiger partial charge in [-0.2, -0.15) is 0 Å². The SMILES string of the molecule is Cc1nccnc1N(C)CC(=O)O. The smallest absolute Gasteiger partial charge is 0.323 e. The van der Waals surface area contributed by atoms with Crippen LogP contribution in [0.2, 0.25) is 0 Å². The predicted molar refractivity (Wildman–Crippen MR) is 47.7 cm³/mol. The van der Waals surface area contributed by atoms with Gasteiger partial charge in [-0.1, -0.05) is 0 Å². The van der Waals surface area contributed by atoms with Crippen molar-refractivity contribution in [3.05, 3.63) is 18.1 Å². The van der Waals surface area contributed by atoms with Crippen LogP contribution in [0.4, 0.5) is 5.82 Å². The molecule has 1 N–H and O–H groups in total. The van der Waals surface area contributed by atoms with Gasteiger partial charge in [-0.15, -0.1) is 0 Å². The second kappa shape index (κ2) is 3.84. The Kier molecular flexibility index (Phi) is 2.79. The van der Waals surface area contributed by atoms with Crippen molar-refractivity contribution in [1.82, 2.24) is 9.97 Å². The maximum atomic E-state index is 10.4. The Morgan fingerprint density at radius 1 is 1.54 bits per heavy atom. The molecule has 0 radical (unpaired) electrons. The van der Waals surface area contributed by atoms with Crippen LogP contribution in [0.1, 0.15) is 5.69 Å². The lowest BCUT2D eigenvalue weighted by atomic mass is 10.4. The first kappa shape index (κ1) is 9.44. The lowest BCUT2D eigenvalue weighted by Crippen LogP contribution is -2.26. The number of nitrogens with zero attached hydrogens (tertiary/aromatic N) is 3. The van der Waals surface area contributed by atoms with Gasteiger partial charge < -0.3 is 10.0 Å². The van der Waals surface area contributed by atoms with Crippen molar-refractivity contribution in [2.45, 2.75) is 6.92 Å². The Labute approximate surface area is 76.0 Å². The van der Waals surface area contributed by atoms with Crippen LogP contribution in [-0.4, -0.2) is 34.6 Å². The Morgan fingerprint density at radius 2 is 2.15 bits per heavy atom. The third-order valence-electron chi connectivity index (χ3n) is 1.59. The number of hydrogen-bond acceptors (Lipinski definition) is 4. The number of aryl methyl sites for hydroxylation is 1. The van der Waals surface area contributed by atoms with Gasteiger partial charge in [0.05, 0.1) is 5.69 Å². The molecular weight excluding hydrogens is 170 g/mol. The monoisotopic (exact) mass is 181 g/mol. The first-order valence-electron chi connectivity index (χ1n) is 3.82. The van der Waals surface area contributed by atoms with Gasteiger partial charge in [0, 0.05) is 19.4 Å². The summed E-state index contributed by atoms with van der Waals surface area (Å²) in [6.07, 6.45) is 3.12. The van der Waals surface area contributed by atoms with E-state index in [1.165, 1.54) is 0 Å². The molecule has 1 rings (SSSR count). The summed E-state index contributed by atoms with van der Waals surface area (Å²) in [5.74, 6) is -0.280. The summed E-state index contributed by atoms with van der Waals surface area (Å²) in [4.78, 5) is 20.0. The molecule has 1 heterocycles. The summed E-state index contributed by atoms with van der Waals surface area (Å²) in [5.41, 5.74) is 0.728. The summed E-state index contributed by atoms with van der Waals surface area (Å²) >= 11 is 0. The molecule has 5 heteroatoms. The van der Waals surface area contributed by atoms with E-state index in [0.29, 0.717) is 5.82 Å². The zero-order valence-electron chi connectivity index (χ0n) is 7.56. The second-order valence-electron chi connectivity index (χ2n) is 2.72. The lowest BCUT2D eigenvalue weighted by molar-refractivity contribution is -0.135. The van der Waals surface area contributed by atoms with Crippen LogP contribution in [0, 0.1) is 6.92 Å². The normalized spacial score (nSPS) is 9.69. The lowest BCUT2D eigenvalue weighted by Gasteiger charge is -2.16. The van der Waals surface area contributed by atoms with Gasteiger partial charge in [0.15, 0.2) is 0 Å². The molecule has 1 aromatic heterocycles. The van der Waals surface area contributed by atoms with Gasteiger partial charge in [-0.3, -0.25) is 9.78 Å². The van der Waals surface area contributed by atoms with Crippen molar-refractivity contribution in [1.29, 1.82) is 0 Å². The van der Waals surface area contributed by atoms with Gasteiger partial charge in [-0.25, -0.2) is 4.98 Å². The molecule has 1 aromatic rings. The molecule has 0 aliphatic heterocycles. The molecule has 0 atom stereocenters. The molecule has 0 aromatic carbocycles. The first-order valence-corrected chi connectivity index (χ1v) is 3.82. The number of anilines is 1. The molecular formula is C8H11N3O2. The van der Waals surface area contributed by atoms with Crippen molar-refractivity contribution in [3.8, 4) is 0 Å². The van der Waals surface area contributed by atoms with Crippen LogP contribution in [0.3, 0.4) is 0 Å². The van der Waals surface area contributed by atoms with E-state index in [2.05, 4.69) is 9.97 Å². The van der Waals surface area contributed by atoms with Gasteiger partial charge in [0.25, 0.3) is 0 Å². The van der Waals surface area contributed by atoms with Crippen molar-refractivity contribution >= 4 is 11.8 Å². The molecule has 70 valence electrons. The Bertz CT molecular complexity index is 314. The number of hydrogen-bond donors (Lipinski definition) is 1. The van der Waals surface area contributed by atoms with E-state index in [4.69, 9.17) is 5.11 Å². The van der Waals surface area contributed by atoms with Crippen LogP contribution in [0.25, 0.3) is 0 Å². The van der Waals surface area contributed by atoms with Crippen molar-refractivity contribution < 1.29 is 9.90 Å². The molecule has 0 aliphatic carbocycles. The summed E-state index contributed by atoms with van der Waals surface area (Å²) in [5, 5.41) is 8.55. The highest BCUT2D eigenvalue weighted by Crippen LogP contribution is 2.10. The highest BCUT2D eigenvalue weighted by Gasteiger charge is 2.09. The van der Waals surface area contributed by atoms with Gasteiger partial charge >= 0.3 is 5.97 Å². The Morgan fingerprint density at radius 3 is 2.69 bits per heavy atom. The summed E-state index contributed by atoms with van der Waals surface area (Å²) in [6, 6.07) is 0. The number of likely N-dealkylation sites (N-methyl/N-ethyl adjacent to an activating group) is 1. The average Bonchev–Trinajstić information content (AvgIpc) is 2.03. The highest BCUT2D eigenvalue weighted by atomic mass is 16.4. The van der Waals surface area contributed by atoms with E-state index in [1.807, 2.05) is 0 Å². The van der Waals surface area contributed by atoms with Gasteiger partial charge in [-0.05, 0) is 6.92 Å².